The van der Waals surface area contributed by atoms with Crippen molar-refractivity contribution in [2.75, 3.05) is 0 Å². The van der Waals surface area contributed by atoms with Gasteiger partial charge in [0.25, 0.3) is 0 Å². The normalized spacial score (nSPS) is 12.0. The molecular weight excluding hydrogens is 629 g/mol. The van der Waals surface area contributed by atoms with Crippen molar-refractivity contribution >= 4 is 69.6 Å². The Morgan fingerprint density at radius 2 is 0.940 bits per heavy atom. The largest absolute Gasteiger partial charge is 0.308 e. The zero-order valence-corrected chi connectivity index (χ0v) is 27.5. The van der Waals surface area contributed by atoms with Crippen molar-refractivity contribution in [2.45, 2.75) is 0 Å². The quantitative estimate of drug-likeness (QED) is 0.190. The molecule has 0 unspecified atom stereocenters. The van der Waals surface area contributed by atoms with Crippen LogP contribution in [0.3, 0.4) is 0 Å². The first kappa shape index (κ1) is 27.5. The average Bonchev–Trinajstić information content (AvgIpc) is 3.84. The van der Waals surface area contributed by atoms with Gasteiger partial charge in [-0.1, -0.05) is 133 Å². The molecule has 0 radical (unpaired) electrons. The van der Waals surface area contributed by atoms with Gasteiger partial charge in [0.15, 0.2) is 17.5 Å². The number of benzene rings is 7. The number of thiophene rings is 1. The number of aromatic nitrogens is 4. The maximum Gasteiger partial charge on any atom is 0.164 e. The van der Waals surface area contributed by atoms with Gasteiger partial charge >= 0.3 is 0 Å². The number of rotatable bonds is 4. The van der Waals surface area contributed by atoms with Gasteiger partial charge in [-0.15, -0.1) is 11.3 Å². The first-order valence-electron chi connectivity index (χ1n) is 16.8. The minimum atomic E-state index is 0.656. The molecule has 5 heteroatoms. The summed E-state index contributed by atoms with van der Waals surface area (Å²) in [7, 11) is 0. The highest BCUT2D eigenvalue weighted by atomic mass is 32.1. The molecule has 0 aliphatic carbocycles. The van der Waals surface area contributed by atoms with E-state index in [4.69, 9.17) is 15.0 Å². The van der Waals surface area contributed by atoms with E-state index in [0.29, 0.717) is 17.5 Å². The Morgan fingerprint density at radius 3 is 1.70 bits per heavy atom. The predicted octanol–water partition coefficient (Wildman–Crippen LogP) is 12.1. The first-order valence-corrected chi connectivity index (χ1v) is 17.6. The minimum absolute atomic E-state index is 0.656. The van der Waals surface area contributed by atoms with Crippen LogP contribution in [0.1, 0.15) is 0 Å². The molecule has 7 aromatic carbocycles. The van der Waals surface area contributed by atoms with Crippen LogP contribution in [0, 0.1) is 0 Å². The zero-order valence-electron chi connectivity index (χ0n) is 26.7. The van der Waals surface area contributed by atoms with E-state index in [9.17, 15) is 0 Å². The van der Waals surface area contributed by atoms with Gasteiger partial charge in [0, 0.05) is 58.4 Å². The lowest BCUT2D eigenvalue weighted by molar-refractivity contribution is 1.07. The maximum absolute atomic E-state index is 5.00. The van der Waals surface area contributed by atoms with E-state index < -0.39 is 0 Å². The fourth-order valence-electron chi connectivity index (χ4n) is 7.71. The Balaban J connectivity index is 1.10. The molecule has 0 spiro atoms. The van der Waals surface area contributed by atoms with E-state index in [-0.39, 0.29) is 0 Å². The van der Waals surface area contributed by atoms with E-state index in [2.05, 4.69) is 101 Å². The third-order valence-electron chi connectivity index (χ3n) is 9.97. The summed E-state index contributed by atoms with van der Waals surface area (Å²) in [5.41, 5.74) is 9.05. The van der Waals surface area contributed by atoms with Crippen molar-refractivity contribution in [1.82, 2.24) is 19.4 Å². The van der Waals surface area contributed by atoms with Crippen LogP contribution in [-0.4, -0.2) is 19.4 Å². The van der Waals surface area contributed by atoms with Crippen LogP contribution in [0.15, 0.2) is 158 Å². The lowest BCUT2D eigenvalue weighted by Crippen LogP contribution is -2.00. The van der Waals surface area contributed by atoms with Gasteiger partial charge < -0.3 is 4.40 Å². The van der Waals surface area contributed by atoms with E-state index >= 15 is 0 Å². The molecule has 0 atom stereocenters. The molecule has 0 saturated heterocycles. The predicted molar refractivity (Wildman–Crippen MR) is 209 cm³/mol. The third-order valence-corrected chi connectivity index (χ3v) is 11.2. The van der Waals surface area contributed by atoms with Gasteiger partial charge in [-0.2, -0.15) is 0 Å². The smallest absolute Gasteiger partial charge is 0.164 e. The summed E-state index contributed by atoms with van der Waals surface area (Å²) in [6.45, 7) is 0. The molecule has 50 heavy (non-hydrogen) atoms. The van der Waals surface area contributed by atoms with Gasteiger partial charge in [-0.3, -0.25) is 0 Å². The molecule has 11 aromatic rings. The highest BCUT2D eigenvalue weighted by Crippen LogP contribution is 2.45. The summed E-state index contributed by atoms with van der Waals surface area (Å²) < 4.78 is 5.05. The molecule has 4 aromatic heterocycles. The van der Waals surface area contributed by atoms with Crippen molar-refractivity contribution < 1.29 is 0 Å². The standard InChI is InChI=1S/C45H26N4S/c1-3-12-27(13-4-1)43-46-44(28-14-5-2-6-15-28)48-45(47-43)30-17-9-16-29(24-30)31-19-10-22-35-37-25-39-36(26-40(37)50-42(31)35)34-21-11-20-33-32-18-7-8-23-38(32)49(39)41(33)34/h1-26H. The van der Waals surface area contributed by atoms with Crippen LogP contribution >= 0.6 is 11.3 Å². The van der Waals surface area contributed by atoms with Crippen molar-refractivity contribution in [3.63, 3.8) is 0 Å². The number of fused-ring (bicyclic) bond motifs is 9. The summed E-state index contributed by atoms with van der Waals surface area (Å²) in [4.78, 5) is 14.9. The topological polar surface area (TPSA) is 43.1 Å². The van der Waals surface area contributed by atoms with Crippen molar-refractivity contribution in [3.8, 4) is 45.3 Å². The van der Waals surface area contributed by atoms with E-state index in [0.717, 1.165) is 22.3 Å². The molecule has 0 N–H and O–H groups in total. The van der Waals surface area contributed by atoms with Crippen molar-refractivity contribution in [1.29, 1.82) is 0 Å². The Bertz CT molecular complexity index is 3030. The summed E-state index contributed by atoms with van der Waals surface area (Å²) in [6.07, 6.45) is 0. The number of hydrogen-bond acceptors (Lipinski definition) is 4. The minimum Gasteiger partial charge on any atom is -0.308 e. The number of nitrogens with zero attached hydrogens (tertiary/aromatic N) is 4. The Kier molecular flexibility index (Phi) is 5.80. The fraction of sp³-hybridized carbons (Fsp3) is 0. The lowest BCUT2D eigenvalue weighted by Gasteiger charge is -2.10. The molecule has 4 heterocycles. The van der Waals surface area contributed by atoms with Crippen LogP contribution in [0.2, 0.25) is 0 Å². The molecule has 0 aliphatic rings. The van der Waals surface area contributed by atoms with Gasteiger partial charge in [0.1, 0.15) is 0 Å². The first-order chi connectivity index (χ1) is 24.8. The Morgan fingerprint density at radius 1 is 0.380 bits per heavy atom. The number of para-hydroxylation sites is 2. The molecular formula is C45H26N4S. The van der Waals surface area contributed by atoms with Crippen molar-refractivity contribution in [2.24, 2.45) is 0 Å². The van der Waals surface area contributed by atoms with Crippen LogP contribution in [0.5, 0.6) is 0 Å². The van der Waals surface area contributed by atoms with Crippen molar-refractivity contribution in [3.05, 3.63) is 158 Å². The maximum atomic E-state index is 5.00. The van der Waals surface area contributed by atoms with E-state index in [1.54, 1.807) is 0 Å². The second kappa shape index (κ2) is 10.5. The number of hydrogen-bond donors (Lipinski definition) is 0. The molecule has 0 saturated carbocycles. The molecule has 0 aliphatic heterocycles. The van der Waals surface area contributed by atoms with E-state index in [1.165, 1.54) is 63.8 Å². The Hall–Kier alpha value is -6.43. The van der Waals surface area contributed by atoms with Crippen LogP contribution in [0.25, 0.3) is 104 Å². The van der Waals surface area contributed by atoms with Crippen LogP contribution in [0.4, 0.5) is 0 Å². The average molecular weight is 655 g/mol. The third kappa shape index (κ3) is 4.01. The lowest BCUT2D eigenvalue weighted by atomic mass is 10.00. The Labute approximate surface area is 290 Å². The molecule has 4 nitrogen and oxygen atoms in total. The fourth-order valence-corrected chi connectivity index (χ4v) is 8.97. The summed E-state index contributed by atoms with van der Waals surface area (Å²) in [6, 6.07) is 55.9. The van der Waals surface area contributed by atoms with Gasteiger partial charge in [0.2, 0.25) is 0 Å². The second-order valence-corrected chi connectivity index (χ2v) is 13.9. The van der Waals surface area contributed by atoms with Crippen LogP contribution in [-0.2, 0) is 0 Å². The highest BCUT2D eigenvalue weighted by Gasteiger charge is 2.20. The molecule has 0 bridgehead atoms. The monoisotopic (exact) mass is 654 g/mol. The molecule has 11 rings (SSSR count). The SMILES string of the molecule is c1ccc(-c2nc(-c3ccccc3)nc(-c3cccc(-c4cccc5c4sc4cc6c7cccc8c9ccccc9n(c6cc45)c87)c3)n2)cc1. The van der Waals surface area contributed by atoms with E-state index in [1.807, 2.05) is 72.0 Å². The summed E-state index contributed by atoms with van der Waals surface area (Å²) in [5.74, 6) is 1.98. The van der Waals surface area contributed by atoms with Gasteiger partial charge in [0.05, 0.1) is 16.6 Å². The highest BCUT2D eigenvalue weighted by molar-refractivity contribution is 7.26. The van der Waals surface area contributed by atoms with Gasteiger partial charge in [-0.25, -0.2) is 15.0 Å². The van der Waals surface area contributed by atoms with Crippen LogP contribution < -0.4 is 0 Å². The summed E-state index contributed by atoms with van der Waals surface area (Å²) >= 11 is 1.87. The molecule has 0 amide bonds. The van der Waals surface area contributed by atoms with Gasteiger partial charge in [-0.05, 0) is 35.4 Å². The second-order valence-electron chi connectivity index (χ2n) is 12.8. The summed E-state index contributed by atoms with van der Waals surface area (Å²) in [5, 5.41) is 7.79. The molecule has 232 valence electrons. The zero-order chi connectivity index (χ0) is 32.8. The molecule has 0 fully saturated rings.